The second-order valence-electron chi connectivity index (χ2n) is 4.06. The summed E-state index contributed by atoms with van der Waals surface area (Å²) in [7, 11) is 0. The monoisotopic (exact) mass is 170 g/mol. The Morgan fingerprint density at radius 2 is 2.33 bits per heavy atom. The molecular formula is C10H22N2. The van der Waals surface area contributed by atoms with E-state index >= 15 is 0 Å². The first-order valence-electron chi connectivity index (χ1n) is 5.22. The minimum atomic E-state index is 0.379. The van der Waals surface area contributed by atoms with Gasteiger partial charge in [-0.15, -0.1) is 0 Å². The SMILES string of the molecule is CCCN1CCCC(C(C)N)C1. The molecule has 2 N–H and O–H groups in total. The lowest BCUT2D eigenvalue weighted by atomic mass is 9.92. The first-order valence-corrected chi connectivity index (χ1v) is 5.22. The normalized spacial score (nSPS) is 28.8. The molecule has 0 spiro atoms. The molecule has 2 nitrogen and oxygen atoms in total. The van der Waals surface area contributed by atoms with Crippen molar-refractivity contribution in [1.82, 2.24) is 4.90 Å². The minimum absolute atomic E-state index is 0.379. The van der Waals surface area contributed by atoms with E-state index in [1.807, 2.05) is 0 Å². The first kappa shape index (κ1) is 10.0. The van der Waals surface area contributed by atoms with Crippen molar-refractivity contribution in [2.45, 2.75) is 39.2 Å². The van der Waals surface area contributed by atoms with E-state index in [2.05, 4.69) is 18.7 Å². The number of piperidine rings is 1. The first-order chi connectivity index (χ1) is 5.74. The van der Waals surface area contributed by atoms with E-state index in [0.717, 1.165) is 5.92 Å². The maximum atomic E-state index is 5.90. The summed E-state index contributed by atoms with van der Waals surface area (Å²) in [6.45, 7) is 8.15. The lowest BCUT2D eigenvalue weighted by Crippen LogP contribution is -2.42. The van der Waals surface area contributed by atoms with Gasteiger partial charge in [0.1, 0.15) is 0 Å². The number of nitrogens with zero attached hydrogens (tertiary/aromatic N) is 1. The van der Waals surface area contributed by atoms with Crippen molar-refractivity contribution in [1.29, 1.82) is 0 Å². The average molecular weight is 170 g/mol. The maximum Gasteiger partial charge on any atom is 0.00509 e. The summed E-state index contributed by atoms with van der Waals surface area (Å²) in [4.78, 5) is 2.55. The molecule has 0 bridgehead atoms. The highest BCUT2D eigenvalue weighted by atomic mass is 15.1. The highest BCUT2D eigenvalue weighted by molar-refractivity contribution is 4.77. The van der Waals surface area contributed by atoms with Gasteiger partial charge >= 0.3 is 0 Å². The Balaban J connectivity index is 2.30. The fraction of sp³-hybridized carbons (Fsp3) is 1.00. The third-order valence-electron chi connectivity index (χ3n) is 2.83. The quantitative estimate of drug-likeness (QED) is 0.694. The molecule has 12 heavy (non-hydrogen) atoms. The van der Waals surface area contributed by atoms with E-state index < -0.39 is 0 Å². The molecular weight excluding hydrogens is 148 g/mol. The molecule has 0 aliphatic carbocycles. The zero-order valence-corrected chi connectivity index (χ0v) is 8.42. The van der Waals surface area contributed by atoms with E-state index in [0.29, 0.717) is 6.04 Å². The van der Waals surface area contributed by atoms with Crippen molar-refractivity contribution in [3.05, 3.63) is 0 Å². The van der Waals surface area contributed by atoms with E-state index in [-0.39, 0.29) is 0 Å². The van der Waals surface area contributed by atoms with Crippen LogP contribution in [0, 0.1) is 5.92 Å². The van der Waals surface area contributed by atoms with E-state index in [1.54, 1.807) is 0 Å². The Morgan fingerprint density at radius 1 is 1.58 bits per heavy atom. The van der Waals surface area contributed by atoms with Crippen LogP contribution in [0.1, 0.15) is 33.1 Å². The van der Waals surface area contributed by atoms with Crippen LogP contribution in [-0.2, 0) is 0 Å². The number of hydrogen-bond donors (Lipinski definition) is 1. The maximum absolute atomic E-state index is 5.90. The summed E-state index contributed by atoms with van der Waals surface area (Å²) in [5.74, 6) is 0.741. The zero-order chi connectivity index (χ0) is 8.97. The van der Waals surface area contributed by atoms with Gasteiger partial charge < -0.3 is 10.6 Å². The van der Waals surface area contributed by atoms with Crippen LogP contribution < -0.4 is 5.73 Å². The molecule has 1 aliphatic heterocycles. The van der Waals surface area contributed by atoms with Crippen LogP contribution in [0.15, 0.2) is 0 Å². The fourth-order valence-electron chi connectivity index (χ4n) is 2.04. The van der Waals surface area contributed by atoms with Crippen molar-refractivity contribution in [3.63, 3.8) is 0 Å². The van der Waals surface area contributed by atoms with Crippen LogP contribution in [0.2, 0.25) is 0 Å². The van der Waals surface area contributed by atoms with Gasteiger partial charge in [0, 0.05) is 12.6 Å². The molecule has 2 atom stereocenters. The summed E-state index contributed by atoms with van der Waals surface area (Å²) in [6.07, 6.45) is 3.94. The molecule has 0 amide bonds. The van der Waals surface area contributed by atoms with Gasteiger partial charge in [-0.1, -0.05) is 6.92 Å². The molecule has 0 aromatic rings. The Bertz CT molecular complexity index is 121. The number of hydrogen-bond acceptors (Lipinski definition) is 2. The molecule has 0 saturated carbocycles. The third-order valence-corrected chi connectivity index (χ3v) is 2.83. The van der Waals surface area contributed by atoms with Crippen LogP contribution >= 0.6 is 0 Å². The van der Waals surface area contributed by atoms with Gasteiger partial charge in [-0.25, -0.2) is 0 Å². The summed E-state index contributed by atoms with van der Waals surface area (Å²) in [5, 5.41) is 0. The summed E-state index contributed by atoms with van der Waals surface area (Å²) >= 11 is 0. The van der Waals surface area contributed by atoms with Crippen LogP contribution in [-0.4, -0.2) is 30.6 Å². The van der Waals surface area contributed by atoms with Gasteiger partial charge in [0.05, 0.1) is 0 Å². The highest BCUT2D eigenvalue weighted by Crippen LogP contribution is 2.18. The topological polar surface area (TPSA) is 29.3 Å². The number of likely N-dealkylation sites (tertiary alicyclic amines) is 1. The second-order valence-corrected chi connectivity index (χ2v) is 4.06. The van der Waals surface area contributed by atoms with Crippen molar-refractivity contribution < 1.29 is 0 Å². The molecule has 0 radical (unpaired) electrons. The molecule has 2 unspecified atom stereocenters. The molecule has 1 rings (SSSR count). The van der Waals surface area contributed by atoms with Crippen molar-refractivity contribution in [2.75, 3.05) is 19.6 Å². The van der Waals surface area contributed by atoms with Crippen molar-refractivity contribution in [3.8, 4) is 0 Å². The van der Waals surface area contributed by atoms with Crippen molar-refractivity contribution >= 4 is 0 Å². The standard InChI is InChI=1S/C10H22N2/c1-3-6-12-7-4-5-10(8-12)9(2)11/h9-10H,3-8,11H2,1-2H3. The molecule has 1 saturated heterocycles. The lowest BCUT2D eigenvalue weighted by molar-refractivity contribution is 0.161. The molecule has 2 heteroatoms. The fourth-order valence-corrected chi connectivity index (χ4v) is 2.04. The molecule has 1 aliphatic rings. The minimum Gasteiger partial charge on any atom is -0.328 e. The Kier molecular flexibility index (Phi) is 4.02. The summed E-state index contributed by atoms with van der Waals surface area (Å²) in [6, 6.07) is 0.379. The van der Waals surface area contributed by atoms with Gasteiger partial charge in [0.2, 0.25) is 0 Å². The third kappa shape index (κ3) is 2.76. The van der Waals surface area contributed by atoms with Crippen LogP contribution in [0.3, 0.4) is 0 Å². The van der Waals surface area contributed by atoms with Crippen LogP contribution in [0.4, 0.5) is 0 Å². The van der Waals surface area contributed by atoms with Gasteiger partial charge in [-0.05, 0) is 45.2 Å². The average Bonchev–Trinajstić information content (AvgIpc) is 2.05. The Labute approximate surface area is 76.1 Å². The molecule has 1 fully saturated rings. The van der Waals surface area contributed by atoms with Crippen LogP contribution in [0.25, 0.3) is 0 Å². The molecule has 1 heterocycles. The molecule has 0 aromatic carbocycles. The predicted octanol–water partition coefficient (Wildman–Crippen LogP) is 1.46. The van der Waals surface area contributed by atoms with Gasteiger partial charge in [0.25, 0.3) is 0 Å². The Morgan fingerprint density at radius 3 is 2.92 bits per heavy atom. The highest BCUT2D eigenvalue weighted by Gasteiger charge is 2.21. The largest absolute Gasteiger partial charge is 0.328 e. The molecule has 72 valence electrons. The number of nitrogens with two attached hydrogens (primary N) is 1. The summed E-state index contributed by atoms with van der Waals surface area (Å²) < 4.78 is 0. The van der Waals surface area contributed by atoms with Gasteiger partial charge in [0.15, 0.2) is 0 Å². The van der Waals surface area contributed by atoms with E-state index in [9.17, 15) is 0 Å². The summed E-state index contributed by atoms with van der Waals surface area (Å²) in [5.41, 5.74) is 5.90. The van der Waals surface area contributed by atoms with Crippen LogP contribution in [0.5, 0.6) is 0 Å². The van der Waals surface area contributed by atoms with Gasteiger partial charge in [-0.3, -0.25) is 0 Å². The smallest absolute Gasteiger partial charge is 0.00509 e. The molecule has 0 aromatic heterocycles. The van der Waals surface area contributed by atoms with Crippen molar-refractivity contribution in [2.24, 2.45) is 11.7 Å². The lowest BCUT2D eigenvalue weighted by Gasteiger charge is -2.34. The zero-order valence-electron chi connectivity index (χ0n) is 8.42. The van der Waals surface area contributed by atoms with E-state index in [4.69, 9.17) is 5.73 Å². The predicted molar refractivity (Wildman–Crippen MR) is 53.1 cm³/mol. The Hall–Kier alpha value is -0.0800. The second kappa shape index (κ2) is 4.83. The van der Waals surface area contributed by atoms with E-state index in [1.165, 1.54) is 38.9 Å². The van der Waals surface area contributed by atoms with Gasteiger partial charge in [-0.2, -0.15) is 0 Å². The number of rotatable bonds is 3.